The van der Waals surface area contributed by atoms with Crippen LogP contribution in [0.3, 0.4) is 0 Å². The summed E-state index contributed by atoms with van der Waals surface area (Å²) in [5, 5.41) is 4.29. The van der Waals surface area contributed by atoms with Gasteiger partial charge in [-0.2, -0.15) is 0 Å². The molecule has 72 valence electrons. The van der Waals surface area contributed by atoms with Gasteiger partial charge in [0, 0.05) is 11.8 Å². The molecule has 0 aliphatic carbocycles. The number of benzene rings is 1. The summed E-state index contributed by atoms with van der Waals surface area (Å²) in [6, 6.07) is 11.9. The predicted octanol–water partition coefficient (Wildman–Crippen LogP) is 2.19. The van der Waals surface area contributed by atoms with Crippen molar-refractivity contribution in [2.24, 2.45) is 0 Å². The first kappa shape index (κ1) is 8.81. The van der Waals surface area contributed by atoms with Crippen LogP contribution in [0.1, 0.15) is 5.69 Å². The first-order valence-electron chi connectivity index (χ1n) is 4.47. The van der Waals surface area contributed by atoms with Crippen LogP contribution in [-0.2, 0) is 0 Å². The van der Waals surface area contributed by atoms with Crippen molar-refractivity contribution < 1.29 is 4.74 Å². The minimum atomic E-state index is 0.645. The molecule has 0 atom stereocenters. The number of hydrogen-bond acceptors (Lipinski definition) is 2. The summed E-state index contributed by atoms with van der Waals surface area (Å²) in [5.74, 6) is 0.645. The molecule has 0 radical (unpaired) electrons. The van der Waals surface area contributed by atoms with Gasteiger partial charge in [0.25, 0.3) is 0 Å². The molecule has 0 saturated carbocycles. The van der Waals surface area contributed by atoms with Gasteiger partial charge < -0.3 is 4.74 Å². The van der Waals surface area contributed by atoms with Gasteiger partial charge in [-0.1, -0.05) is 18.2 Å². The number of para-hydroxylation sites is 1. The fourth-order valence-corrected chi connectivity index (χ4v) is 1.38. The van der Waals surface area contributed by atoms with Crippen molar-refractivity contribution in [2.75, 3.05) is 7.11 Å². The Labute approximate surface area is 82.9 Å². The molecule has 1 aromatic heterocycles. The zero-order valence-electron chi connectivity index (χ0n) is 8.27. The van der Waals surface area contributed by atoms with Crippen LogP contribution in [0.15, 0.2) is 36.4 Å². The normalized spacial score (nSPS) is 10.1. The number of nitrogens with zero attached hydrogens (tertiary/aromatic N) is 2. The molecule has 2 rings (SSSR count). The number of aryl methyl sites for hydroxylation is 1. The average Bonchev–Trinajstić information content (AvgIpc) is 2.61. The van der Waals surface area contributed by atoms with Crippen LogP contribution < -0.4 is 4.74 Å². The molecule has 0 unspecified atom stereocenters. The molecule has 0 N–H and O–H groups in total. The molecule has 1 heterocycles. The summed E-state index contributed by atoms with van der Waals surface area (Å²) in [7, 11) is 1.62. The van der Waals surface area contributed by atoms with Crippen LogP contribution in [0.25, 0.3) is 5.69 Å². The second-order valence-corrected chi connectivity index (χ2v) is 3.08. The Morgan fingerprint density at radius 1 is 1.21 bits per heavy atom. The highest BCUT2D eigenvalue weighted by molar-refractivity contribution is 5.33. The van der Waals surface area contributed by atoms with E-state index in [-0.39, 0.29) is 0 Å². The third-order valence-corrected chi connectivity index (χ3v) is 2.07. The molecule has 14 heavy (non-hydrogen) atoms. The van der Waals surface area contributed by atoms with E-state index in [0.29, 0.717) is 5.88 Å². The summed E-state index contributed by atoms with van der Waals surface area (Å²) < 4.78 is 6.93. The Kier molecular flexibility index (Phi) is 2.23. The van der Waals surface area contributed by atoms with E-state index >= 15 is 0 Å². The first-order valence-corrected chi connectivity index (χ1v) is 4.47. The third-order valence-electron chi connectivity index (χ3n) is 2.07. The summed E-state index contributed by atoms with van der Waals surface area (Å²) in [6.07, 6.45) is 0. The van der Waals surface area contributed by atoms with Crippen molar-refractivity contribution in [1.29, 1.82) is 0 Å². The molecule has 0 aliphatic heterocycles. The SMILES string of the molecule is COc1cc(C)n(-c2ccccc2)n1. The van der Waals surface area contributed by atoms with Crippen LogP contribution in [0.2, 0.25) is 0 Å². The van der Waals surface area contributed by atoms with Crippen molar-refractivity contribution >= 4 is 0 Å². The van der Waals surface area contributed by atoms with E-state index in [1.807, 2.05) is 48.0 Å². The van der Waals surface area contributed by atoms with Gasteiger partial charge >= 0.3 is 0 Å². The molecular weight excluding hydrogens is 176 g/mol. The minimum Gasteiger partial charge on any atom is -0.480 e. The molecule has 0 bridgehead atoms. The molecule has 2 aromatic rings. The van der Waals surface area contributed by atoms with Crippen LogP contribution in [0.4, 0.5) is 0 Å². The lowest BCUT2D eigenvalue weighted by Crippen LogP contribution is -1.98. The molecule has 0 fully saturated rings. The predicted molar refractivity (Wildman–Crippen MR) is 54.9 cm³/mol. The Morgan fingerprint density at radius 3 is 2.50 bits per heavy atom. The van der Waals surface area contributed by atoms with Gasteiger partial charge in [0.05, 0.1) is 12.8 Å². The molecule has 3 heteroatoms. The maximum absolute atomic E-state index is 5.07. The van der Waals surface area contributed by atoms with E-state index in [1.165, 1.54) is 0 Å². The van der Waals surface area contributed by atoms with Crippen LogP contribution in [-0.4, -0.2) is 16.9 Å². The number of hydrogen-bond donors (Lipinski definition) is 0. The quantitative estimate of drug-likeness (QED) is 0.722. The van der Waals surface area contributed by atoms with Crippen LogP contribution in [0.5, 0.6) is 5.88 Å². The molecule has 1 aromatic carbocycles. The number of aromatic nitrogens is 2. The zero-order valence-corrected chi connectivity index (χ0v) is 8.27. The number of methoxy groups -OCH3 is 1. The van der Waals surface area contributed by atoms with Gasteiger partial charge in [-0.25, -0.2) is 4.68 Å². The number of ether oxygens (including phenoxy) is 1. The number of rotatable bonds is 2. The lowest BCUT2D eigenvalue weighted by Gasteiger charge is -2.02. The lowest BCUT2D eigenvalue weighted by atomic mass is 10.3. The standard InChI is InChI=1S/C11H12N2O/c1-9-8-11(14-2)12-13(9)10-6-4-3-5-7-10/h3-8H,1-2H3. The van der Waals surface area contributed by atoms with E-state index in [0.717, 1.165) is 11.4 Å². The highest BCUT2D eigenvalue weighted by atomic mass is 16.5. The Balaban J connectivity index is 2.46. The smallest absolute Gasteiger partial charge is 0.233 e. The summed E-state index contributed by atoms with van der Waals surface area (Å²) in [4.78, 5) is 0. The molecule has 0 saturated heterocycles. The van der Waals surface area contributed by atoms with Gasteiger partial charge in [0.15, 0.2) is 0 Å². The highest BCUT2D eigenvalue weighted by Gasteiger charge is 2.04. The van der Waals surface area contributed by atoms with E-state index in [9.17, 15) is 0 Å². The topological polar surface area (TPSA) is 27.1 Å². The van der Waals surface area contributed by atoms with E-state index in [4.69, 9.17) is 4.74 Å². The van der Waals surface area contributed by atoms with Crippen molar-refractivity contribution in [3.8, 4) is 11.6 Å². The largest absolute Gasteiger partial charge is 0.480 e. The van der Waals surface area contributed by atoms with Crippen molar-refractivity contribution in [3.05, 3.63) is 42.1 Å². The molecule has 3 nitrogen and oxygen atoms in total. The second-order valence-electron chi connectivity index (χ2n) is 3.08. The zero-order chi connectivity index (χ0) is 9.97. The fraction of sp³-hybridized carbons (Fsp3) is 0.182. The fourth-order valence-electron chi connectivity index (χ4n) is 1.38. The maximum atomic E-state index is 5.07. The van der Waals surface area contributed by atoms with Gasteiger partial charge in [-0.3, -0.25) is 0 Å². The average molecular weight is 188 g/mol. The van der Waals surface area contributed by atoms with E-state index < -0.39 is 0 Å². The van der Waals surface area contributed by atoms with Crippen molar-refractivity contribution in [1.82, 2.24) is 9.78 Å². The molecular formula is C11H12N2O. The third kappa shape index (κ3) is 1.48. The van der Waals surface area contributed by atoms with E-state index in [2.05, 4.69) is 5.10 Å². The van der Waals surface area contributed by atoms with Crippen molar-refractivity contribution in [2.45, 2.75) is 6.92 Å². The summed E-state index contributed by atoms with van der Waals surface area (Å²) in [5.41, 5.74) is 2.11. The van der Waals surface area contributed by atoms with Gasteiger partial charge in [-0.05, 0) is 19.1 Å². The molecule has 0 spiro atoms. The summed E-state index contributed by atoms with van der Waals surface area (Å²) in [6.45, 7) is 2.00. The minimum absolute atomic E-state index is 0.645. The molecule has 0 aliphatic rings. The summed E-state index contributed by atoms with van der Waals surface area (Å²) >= 11 is 0. The Hall–Kier alpha value is -1.77. The van der Waals surface area contributed by atoms with Gasteiger partial charge in [0.1, 0.15) is 0 Å². The molecule has 0 amide bonds. The Bertz CT molecular complexity index is 420. The van der Waals surface area contributed by atoms with Crippen LogP contribution >= 0.6 is 0 Å². The second kappa shape index (κ2) is 3.54. The maximum Gasteiger partial charge on any atom is 0.233 e. The lowest BCUT2D eigenvalue weighted by molar-refractivity contribution is 0.394. The van der Waals surface area contributed by atoms with Crippen molar-refractivity contribution in [3.63, 3.8) is 0 Å². The monoisotopic (exact) mass is 188 g/mol. The highest BCUT2D eigenvalue weighted by Crippen LogP contribution is 2.15. The van der Waals surface area contributed by atoms with Gasteiger partial charge in [0.2, 0.25) is 5.88 Å². The first-order chi connectivity index (χ1) is 6.81. The Morgan fingerprint density at radius 2 is 1.93 bits per heavy atom. The van der Waals surface area contributed by atoms with E-state index in [1.54, 1.807) is 7.11 Å². The van der Waals surface area contributed by atoms with Gasteiger partial charge in [-0.15, -0.1) is 5.10 Å². The van der Waals surface area contributed by atoms with Crippen LogP contribution in [0, 0.1) is 6.92 Å².